The molecule has 7 heteroatoms. The van der Waals surface area contributed by atoms with Gasteiger partial charge in [0.25, 0.3) is 0 Å². The van der Waals surface area contributed by atoms with Crippen LogP contribution in [0.4, 0.5) is 0 Å². The molecular formula is C14H16B3ClO3. The summed E-state index contributed by atoms with van der Waals surface area (Å²) >= 11 is 5.80. The Morgan fingerprint density at radius 2 is 1.95 bits per heavy atom. The molecule has 1 aromatic carbocycles. The molecule has 3 unspecified atom stereocenters. The fourth-order valence-electron chi connectivity index (χ4n) is 2.46. The van der Waals surface area contributed by atoms with Crippen LogP contribution >= 0.6 is 11.6 Å². The Balaban J connectivity index is 1.82. The van der Waals surface area contributed by atoms with Crippen LogP contribution in [0.1, 0.15) is 18.4 Å². The quantitative estimate of drug-likeness (QED) is 0.484. The largest absolute Gasteiger partial charge is 0.376 e. The molecular weight excluding hydrogens is 284 g/mol. The number of aliphatic hydroxyl groups is 1. The van der Waals surface area contributed by atoms with E-state index in [0.717, 1.165) is 0 Å². The molecule has 106 valence electrons. The molecule has 1 heterocycles. The van der Waals surface area contributed by atoms with Gasteiger partial charge in [0.15, 0.2) is 7.85 Å². The maximum Gasteiger partial charge on any atom is 0.161 e. The Kier molecular flexibility index (Phi) is 5.47. The molecule has 2 rings (SSSR count). The van der Waals surface area contributed by atoms with Crippen molar-refractivity contribution in [2.45, 2.75) is 29.3 Å². The molecule has 21 heavy (non-hydrogen) atoms. The highest BCUT2D eigenvalue weighted by Crippen LogP contribution is 2.29. The highest BCUT2D eigenvalue weighted by atomic mass is 35.5. The maximum absolute atomic E-state index is 10.1. The molecule has 0 spiro atoms. The SMILES string of the molecule is [B]C([B])(Cl)CC1COC(COC([B])(O)c2ccccc2)C1. The molecule has 0 amide bonds. The molecule has 1 fully saturated rings. The van der Waals surface area contributed by atoms with Crippen molar-refractivity contribution < 1.29 is 14.6 Å². The Morgan fingerprint density at radius 1 is 1.29 bits per heavy atom. The maximum atomic E-state index is 10.1. The molecule has 1 N–H and O–H groups in total. The first-order chi connectivity index (χ1) is 9.76. The third-order valence-corrected chi connectivity index (χ3v) is 3.60. The van der Waals surface area contributed by atoms with E-state index in [1.807, 2.05) is 6.07 Å². The molecule has 1 saturated heterocycles. The lowest BCUT2D eigenvalue weighted by Crippen LogP contribution is -2.33. The van der Waals surface area contributed by atoms with Gasteiger partial charge in [-0.05, 0) is 29.0 Å². The number of halogens is 1. The van der Waals surface area contributed by atoms with E-state index in [4.69, 9.17) is 44.6 Å². The number of rotatable bonds is 6. The smallest absolute Gasteiger partial charge is 0.161 e. The monoisotopic (exact) mass is 300 g/mol. The number of hydrogen-bond acceptors (Lipinski definition) is 3. The van der Waals surface area contributed by atoms with Crippen molar-refractivity contribution in [3.8, 4) is 0 Å². The Hall–Kier alpha value is -0.415. The van der Waals surface area contributed by atoms with Crippen LogP contribution in [0.3, 0.4) is 0 Å². The summed E-state index contributed by atoms with van der Waals surface area (Å²) in [6.45, 7) is 0.702. The van der Waals surface area contributed by atoms with E-state index in [1.165, 1.54) is 0 Å². The zero-order chi connectivity index (χ0) is 15.5. The molecule has 6 radical (unpaired) electrons. The molecule has 0 bridgehead atoms. The molecule has 0 aromatic heterocycles. The van der Waals surface area contributed by atoms with Crippen LogP contribution < -0.4 is 0 Å². The number of hydrogen-bond donors (Lipinski definition) is 1. The summed E-state index contributed by atoms with van der Waals surface area (Å²) < 4.78 is 9.75. The molecule has 1 aromatic rings. The predicted molar refractivity (Wildman–Crippen MR) is 84.6 cm³/mol. The average molecular weight is 300 g/mol. The van der Waals surface area contributed by atoms with Crippen LogP contribution in [0.25, 0.3) is 0 Å². The first-order valence-electron chi connectivity index (χ1n) is 6.85. The van der Waals surface area contributed by atoms with Gasteiger partial charge in [-0.15, -0.1) is 11.6 Å². The van der Waals surface area contributed by atoms with Crippen LogP contribution in [0.5, 0.6) is 0 Å². The summed E-state index contributed by atoms with van der Waals surface area (Å²) in [6, 6.07) is 8.79. The number of alkyl halides is 1. The normalized spacial score (nSPS) is 25.6. The van der Waals surface area contributed by atoms with Gasteiger partial charge in [-0.3, -0.25) is 0 Å². The summed E-state index contributed by atoms with van der Waals surface area (Å²) in [5.74, 6) is 0.175. The molecule has 3 nitrogen and oxygen atoms in total. The van der Waals surface area contributed by atoms with Crippen molar-refractivity contribution in [2.75, 3.05) is 13.2 Å². The standard InChI is InChI=1S/C14H16B3ClO3/c15-13(16,18)7-10-6-12(20-8-10)9-21-14(17,19)11-4-2-1-3-5-11/h1-5,10,12,19H,6-9H2. The fraction of sp³-hybridized carbons (Fsp3) is 0.571. The Morgan fingerprint density at radius 3 is 2.57 bits per heavy atom. The second-order valence-electron chi connectivity index (χ2n) is 5.56. The van der Waals surface area contributed by atoms with Gasteiger partial charge in [-0.2, -0.15) is 0 Å². The van der Waals surface area contributed by atoms with Crippen molar-refractivity contribution in [1.29, 1.82) is 0 Å². The van der Waals surface area contributed by atoms with Gasteiger partial charge in [0.2, 0.25) is 0 Å². The van der Waals surface area contributed by atoms with Crippen molar-refractivity contribution in [2.24, 2.45) is 5.92 Å². The fourth-order valence-corrected chi connectivity index (χ4v) is 2.68. The number of ether oxygens (including phenoxy) is 2. The summed E-state index contributed by atoms with van der Waals surface area (Å²) in [5, 5.41) is 10.1. The Labute approximate surface area is 134 Å². The topological polar surface area (TPSA) is 38.7 Å². The molecule has 1 aliphatic heterocycles. The summed E-state index contributed by atoms with van der Waals surface area (Å²) in [6.07, 6.45) is 1.01. The van der Waals surface area contributed by atoms with E-state index in [1.54, 1.807) is 24.3 Å². The molecule has 3 atom stereocenters. The average Bonchev–Trinajstić information content (AvgIpc) is 2.83. The zero-order valence-electron chi connectivity index (χ0n) is 11.7. The third-order valence-electron chi connectivity index (χ3n) is 3.44. The lowest BCUT2D eigenvalue weighted by Gasteiger charge is -2.26. The molecule has 0 saturated carbocycles. The van der Waals surface area contributed by atoms with Gasteiger partial charge < -0.3 is 14.6 Å². The molecule has 0 aliphatic carbocycles. The van der Waals surface area contributed by atoms with E-state index < -0.39 is 10.4 Å². The van der Waals surface area contributed by atoms with Gasteiger partial charge in [-0.1, -0.05) is 30.3 Å². The van der Waals surface area contributed by atoms with E-state index in [2.05, 4.69) is 0 Å². The first kappa shape index (κ1) is 16.9. The van der Waals surface area contributed by atoms with Crippen LogP contribution in [0.15, 0.2) is 30.3 Å². The van der Waals surface area contributed by atoms with Crippen LogP contribution in [-0.4, -0.2) is 52.6 Å². The summed E-state index contributed by atoms with van der Waals surface area (Å²) in [5.41, 5.74) is -1.34. The Bertz CT molecular complexity index is 451. The van der Waals surface area contributed by atoms with Crippen LogP contribution in [-0.2, 0) is 15.2 Å². The van der Waals surface area contributed by atoms with Gasteiger partial charge in [0.05, 0.1) is 28.4 Å². The third kappa shape index (κ3) is 5.37. The van der Waals surface area contributed by atoms with Crippen LogP contribution in [0.2, 0.25) is 0 Å². The second kappa shape index (κ2) is 6.78. The first-order valence-corrected chi connectivity index (χ1v) is 7.23. The van der Waals surface area contributed by atoms with Gasteiger partial charge in [0.1, 0.15) is 5.69 Å². The van der Waals surface area contributed by atoms with Gasteiger partial charge >= 0.3 is 0 Å². The minimum absolute atomic E-state index is 0.159. The van der Waals surface area contributed by atoms with Crippen molar-refractivity contribution in [1.82, 2.24) is 0 Å². The van der Waals surface area contributed by atoms with Crippen LogP contribution in [0, 0.1) is 5.92 Å². The lowest BCUT2D eigenvalue weighted by molar-refractivity contribution is -0.163. The lowest BCUT2D eigenvalue weighted by atomic mass is 9.65. The van der Waals surface area contributed by atoms with Crippen molar-refractivity contribution >= 4 is 35.1 Å². The van der Waals surface area contributed by atoms with Crippen molar-refractivity contribution in [3.05, 3.63) is 35.9 Å². The van der Waals surface area contributed by atoms with Crippen molar-refractivity contribution in [3.63, 3.8) is 0 Å². The van der Waals surface area contributed by atoms with E-state index in [9.17, 15) is 5.11 Å². The van der Waals surface area contributed by atoms with Gasteiger partial charge in [-0.25, -0.2) is 0 Å². The van der Waals surface area contributed by atoms with Gasteiger partial charge in [0, 0.05) is 6.61 Å². The highest BCUT2D eigenvalue weighted by molar-refractivity contribution is 6.62. The highest BCUT2D eigenvalue weighted by Gasteiger charge is 2.31. The number of benzene rings is 1. The van der Waals surface area contributed by atoms with E-state index in [0.29, 0.717) is 25.0 Å². The van der Waals surface area contributed by atoms with E-state index >= 15 is 0 Å². The minimum Gasteiger partial charge on any atom is -0.376 e. The van der Waals surface area contributed by atoms with E-state index in [-0.39, 0.29) is 18.6 Å². The molecule has 1 aliphatic rings. The predicted octanol–water partition coefficient (Wildman–Crippen LogP) is 0.999. The summed E-state index contributed by atoms with van der Waals surface area (Å²) in [7, 11) is 16.9. The zero-order valence-corrected chi connectivity index (χ0v) is 12.5. The second-order valence-corrected chi connectivity index (χ2v) is 6.27. The minimum atomic E-state index is -1.83. The summed E-state index contributed by atoms with van der Waals surface area (Å²) in [4.78, 5) is 0.